The van der Waals surface area contributed by atoms with E-state index in [2.05, 4.69) is 6.07 Å². The quantitative estimate of drug-likeness (QED) is 0.445. The predicted octanol–water partition coefficient (Wildman–Crippen LogP) is 1.39. The molecule has 0 spiro atoms. The lowest BCUT2D eigenvalue weighted by Crippen LogP contribution is -2.22. The molecule has 0 aromatic carbocycles. The molecule has 1 aliphatic rings. The van der Waals surface area contributed by atoms with E-state index in [0.717, 1.165) is 11.4 Å². The molecule has 1 rings (SSSR count). The Labute approximate surface area is 77.3 Å². The third-order valence-corrected chi connectivity index (χ3v) is 1.93. The monoisotopic (exact) mass is 174 g/mol. The maximum Gasteiger partial charge on any atom is 0.132 e. The molecule has 3 nitrogen and oxygen atoms in total. The lowest BCUT2D eigenvalue weighted by atomic mass is 10.1. The molecule has 0 N–H and O–H groups in total. The number of rotatable bonds is 1. The predicted molar refractivity (Wildman–Crippen MR) is 49.0 cm³/mol. The Morgan fingerprint density at radius 2 is 1.92 bits per heavy atom. The minimum Gasteiger partial charge on any atom is -0.335 e. The lowest BCUT2D eigenvalue weighted by molar-refractivity contribution is 0.473. The number of nitriles is 1. The summed E-state index contributed by atoms with van der Waals surface area (Å²) >= 11 is 0. The van der Waals surface area contributed by atoms with Gasteiger partial charge >= 0.3 is 0 Å². The molecule has 0 bridgehead atoms. The average Bonchev–Trinajstić information content (AvgIpc) is 2.11. The number of hydrogen-bond acceptors (Lipinski definition) is 3. The Bertz CT molecular complexity index is 343. The minimum atomic E-state index is 0.316. The fourth-order valence-corrected chi connectivity index (χ4v) is 1.30. The number of carbonyl (C=O) groups excluding carboxylic acids is 1. The van der Waals surface area contributed by atoms with Crippen LogP contribution in [0.15, 0.2) is 29.1 Å². The van der Waals surface area contributed by atoms with E-state index in [0.29, 0.717) is 12.1 Å². The second kappa shape index (κ2) is 3.75. The van der Waals surface area contributed by atoms with Crippen molar-refractivity contribution in [3.63, 3.8) is 0 Å². The minimum absolute atomic E-state index is 0.316. The van der Waals surface area contributed by atoms with Crippen LogP contribution in [0.4, 0.5) is 0 Å². The molecule has 13 heavy (non-hydrogen) atoms. The van der Waals surface area contributed by atoms with Gasteiger partial charge < -0.3 is 4.90 Å². The molecule has 0 aliphatic carbocycles. The molecule has 0 saturated heterocycles. The molecule has 0 amide bonds. The van der Waals surface area contributed by atoms with Crippen LogP contribution in [0.1, 0.15) is 13.8 Å². The van der Waals surface area contributed by atoms with Crippen molar-refractivity contribution < 1.29 is 4.79 Å². The van der Waals surface area contributed by atoms with Crippen molar-refractivity contribution in [1.29, 1.82) is 5.26 Å². The molecule has 0 fully saturated rings. The summed E-state index contributed by atoms with van der Waals surface area (Å²) in [4.78, 5) is 12.2. The standard InChI is InChI=1S/C10H10N2O/c1-8-5-10(7-13)6-9(2)12(8)4-3-11/h5-6H,4H2,1-2H3. The van der Waals surface area contributed by atoms with Crippen LogP contribution >= 0.6 is 0 Å². The highest BCUT2D eigenvalue weighted by Gasteiger charge is 2.12. The van der Waals surface area contributed by atoms with Crippen molar-refractivity contribution in [2.75, 3.05) is 6.54 Å². The Kier molecular flexibility index (Phi) is 2.69. The molecule has 0 aromatic heterocycles. The summed E-state index contributed by atoms with van der Waals surface area (Å²) in [5, 5.41) is 8.55. The Morgan fingerprint density at radius 3 is 2.31 bits per heavy atom. The van der Waals surface area contributed by atoms with Crippen molar-refractivity contribution in [2.24, 2.45) is 0 Å². The largest absolute Gasteiger partial charge is 0.335 e. The zero-order chi connectivity index (χ0) is 9.84. The first kappa shape index (κ1) is 9.31. The van der Waals surface area contributed by atoms with E-state index in [9.17, 15) is 4.79 Å². The molecule has 1 heterocycles. The van der Waals surface area contributed by atoms with Crippen molar-refractivity contribution in [2.45, 2.75) is 13.8 Å². The summed E-state index contributed by atoms with van der Waals surface area (Å²) in [6, 6.07) is 2.07. The van der Waals surface area contributed by atoms with Gasteiger partial charge in [-0.1, -0.05) is 0 Å². The van der Waals surface area contributed by atoms with Crippen molar-refractivity contribution >= 4 is 5.94 Å². The topological polar surface area (TPSA) is 44.1 Å². The van der Waals surface area contributed by atoms with Crippen LogP contribution in [-0.2, 0) is 4.79 Å². The van der Waals surface area contributed by atoms with Gasteiger partial charge in [-0.2, -0.15) is 5.26 Å². The fraction of sp³-hybridized carbons (Fsp3) is 0.300. The van der Waals surface area contributed by atoms with Crippen molar-refractivity contribution in [3.8, 4) is 6.07 Å². The summed E-state index contributed by atoms with van der Waals surface area (Å²) in [6.45, 7) is 4.05. The van der Waals surface area contributed by atoms with Gasteiger partial charge in [-0.15, -0.1) is 0 Å². The van der Waals surface area contributed by atoms with Gasteiger partial charge in [-0.3, -0.25) is 0 Å². The second-order valence-electron chi connectivity index (χ2n) is 2.87. The zero-order valence-corrected chi connectivity index (χ0v) is 7.66. The van der Waals surface area contributed by atoms with Crippen LogP contribution in [0.2, 0.25) is 0 Å². The van der Waals surface area contributed by atoms with E-state index in [1.807, 2.05) is 24.7 Å². The summed E-state index contributed by atoms with van der Waals surface area (Å²) in [5.41, 5.74) is 2.34. The fourth-order valence-electron chi connectivity index (χ4n) is 1.30. The van der Waals surface area contributed by atoms with Crippen LogP contribution in [0.5, 0.6) is 0 Å². The first-order valence-corrected chi connectivity index (χ1v) is 3.95. The van der Waals surface area contributed by atoms with Gasteiger partial charge in [-0.25, -0.2) is 4.79 Å². The molecular formula is C10H10N2O. The van der Waals surface area contributed by atoms with Crippen LogP contribution < -0.4 is 0 Å². The number of hydrogen-bond donors (Lipinski definition) is 0. The van der Waals surface area contributed by atoms with E-state index >= 15 is 0 Å². The van der Waals surface area contributed by atoms with Gasteiger partial charge in [0.05, 0.1) is 11.6 Å². The SMILES string of the molecule is CC1=CC(=C=O)C=C(C)N1CC#N. The number of allylic oxidation sites excluding steroid dienone is 5. The molecule has 0 unspecified atom stereocenters. The first-order chi connectivity index (χ1) is 6.19. The van der Waals surface area contributed by atoms with E-state index in [4.69, 9.17) is 5.26 Å². The van der Waals surface area contributed by atoms with Crippen molar-refractivity contribution in [1.82, 2.24) is 4.90 Å². The maximum atomic E-state index is 10.4. The van der Waals surface area contributed by atoms with E-state index in [1.165, 1.54) is 0 Å². The first-order valence-electron chi connectivity index (χ1n) is 3.95. The van der Waals surface area contributed by atoms with Gasteiger partial charge in [-0.05, 0) is 26.0 Å². The summed E-state index contributed by atoms with van der Waals surface area (Å²) in [6.07, 6.45) is 3.44. The lowest BCUT2D eigenvalue weighted by Gasteiger charge is -2.25. The second-order valence-corrected chi connectivity index (χ2v) is 2.87. The van der Waals surface area contributed by atoms with E-state index in [-0.39, 0.29) is 0 Å². The molecule has 66 valence electrons. The van der Waals surface area contributed by atoms with Gasteiger partial charge in [0.15, 0.2) is 0 Å². The highest BCUT2D eigenvalue weighted by Crippen LogP contribution is 2.20. The Balaban J connectivity index is 3.01. The third kappa shape index (κ3) is 1.87. The smallest absolute Gasteiger partial charge is 0.132 e. The van der Waals surface area contributed by atoms with Crippen LogP contribution in [0.25, 0.3) is 0 Å². The van der Waals surface area contributed by atoms with Crippen LogP contribution in [0.3, 0.4) is 0 Å². The normalized spacial score (nSPS) is 15.8. The highest BCUT2D eigenvalue weighted by atomic mass is 16.1. The molecule has 0 atom stereocenters. The Morgan fingerprint density at radius 1 is 1.38 bits per heavy atom. The Hall–Kier alpha value is -1.78. The van der Waals surface area contributed by atoms with Gasteiger partial charge in [0.2, 0.25) is 0 Å². The molecule has 0 aromatic rings. The highest BCUT2D eigenvalue weighted by molar-refractivity contribution is 5.64. The molecule has 0 saturated carbocycles. The van der Waals surface area contributed by atoms with E-state index < -0.39 is 0 Å². The summed E-state index contributed by atoms with van der Waals surface area (Å²) in [7, 11) is 0. The molecule has 1 aliphatic heterocycles. The zero-order valence-electron chi connectivity index (χ0n) is 7.66. The van der Waals surface area contributed by atoms with Crippen LogP contribution in [0, 0.1) is 11.3 Å². The average molecular weight is 174 g/mol. The third-order valence-electron chi connectivity index (χ3n) is 1.93. The van der Waals surface area contributed by atoms with Crippen LogP contribution in [-0.4, -0.2) is 17.4 Å². The molecule has 0 radical (unpaired) electrons. The maximum absolute atomic E-state index is 10.4. The molecule has 3 heteroatoms. The summed E-state index contributed by atoms with van der Waals surface area (Å²) in [5.74, 6) is 1.83. The van der Waals surface area contributed by atoms with Crippen molar-refractivity contribution in [3.05, 3.63) is 29.1 Å². The number of nitrogens with zero attached hydrogens (tertiary/aromatic N) is 2. The summed E-state index contributed by atoms with van der Waals surface area (Å²) < 4.78 is 0. The molecular weight excluding hydrogens is 164 g/mol. The van der Waals surface area contributed by atoms with Gasteiger partial charge in [0.25, 0.3) is 0 Å². The van der Waals surface area contributed by atoms with Gasteiger partial charge in [0, 0.05) is 11.4 Å². The van der Waals surface area contributed by atoms with E-state index in [1.54, 1.807) is 12.2 Å². The van der Waals surface area contributed by atoms with Gasteiger partial charge in [0.1, 0.15) is 12.5 Å².